The predicted octanol–water partition coefficient (Wildman–Crippen LogP) is 2.24. The third-order valence-electron chi connectivity index (χ3n) is 2.78. The topological polar surface area (TPSA) is 66.0 Å². The molecular weight excluding hydrogens is 244 g/mol. The summed E-state index contributed by atoms with van der Waals surface area (Å²) in [7, 11) is 1.63. The van der Waals surface area contributed by atoms with Crippen molar-refractivity contribution < 1.29 is 9.15 Å². The second kappa shape index (κ2) is 4.56. The Balaban J connectivity index is 2.07. The molecule has 19 heavy (non-hydrogen) atoms. The molecule has 0 aliphatic heterocycles. The molecule has 0 amide bonds. The minimum Gasteiger partial charge on any atom is -0.495 e. The van der Waals surface area contributed by atoms with Crippen molar-refractivity contribution in [1.29, 1.82) is 0 Å². The minimum absolute atomic E-state index is 0.465. The van der Waals surface area contributed by atoms with E-state index in [2.05, 4.69) is 15.2 Å². The van der Waals surface area contributed by atoms with Gasteiger partial charge in [0, 0.05) is 11.8 Å². The summed E-state index contributed by atoms with van der Waals surface area (Å²) in [5.41, 5.74) is 2.67. The Hall–Kier alpha value is -2.63. The Morgan fingerprint density at radius 1 is 1.32 bits per heavy atom. The van der Waals surface area contributed by atoms with Gasteiger partial charge in [0.15, 0.2) is 0 Å². The molecule has 0 fully saturated rings. The number of methoxy groups -OCH3 is 1. The molecular formula is C13H12N4O2. The zero-order valence-corrected chi connectivity index (χ0v) is 10.6. The average Bonchev–Trinajstić information content (AvgIpc) is 3.09. The second-order valence-electron chi connectivity index (χ2n) is 4.05. The van der Waals surface area contributed by atoms with Crippen molar-refractivity contribution in [2.24, 2.45) is 0 Å². The molecule has 2 aromatic heterocycles. The van der Waals surface area contributed by atoms with E-state index in [1.165, 1.54) is 6.39 Å². The van der Waals surface area contributed by atoms with Crippen LogP contribution in [0.2, 0.25) is 0 Å². The monoisotopic (exact) mass is 256 g/mol. The van der Waals surface area contributed by atoms with Gasteiger partial charge in [0.1, 0.15) is 5.75 Å². The molecule has 0 saturated heterocycles. The van der Waals surface area contributed by atoms with Gasteiger partial charge in [0.05, 0.1) is 24.8 Å². The smallest absolute Gasteiger partial charge is 0.247 e. The van der Waals surface area contributed by atoms with Gasteiger partial charge >= 0.3 is 0 Å². The van der Waals surface area contributed by atoms with E-state index in [4.69, 9.17) is 9.15 Å². The van der Waals surface area contributed by atoms with Crippen LogP contribution in [-0.2, 0) is 0 Å². The Kier molecular flexibility index (Phi) is 2.75. The fourth-order valence-corrected chi connectivity index (χ4v) is 1.88. The summed E-state index contributed by atoms with van der Waals surface area (Å²) in [5.74, 6) is 1.18. The fourth-order valence-electron chi connectivity index (χ4n) is 1.88. The van der Waals surface area contributed by atoms with Gasteiger partial charge in [-0.25, -0.2) is 4.98 Å². The molecule has 0 bridgehead atoms. The molecule has 0 atom stereocenters. The molecule has 0 radical (unpaired) electrons. The number of aromatic nitrogens is 4. The van der Waals surface area contributed by atoms with Crippen LogP contribution in [0.1, 0.15) is 5.69 Å². The van der Waals surface area contributed by atoms with Crippen molar-refractivity contribution in [3.8, 4) is 22.9 Å². The number of imidazole rings is 1. The summed E-state index contributed by atoms with van der Waals surface area (Å²) in [5, 5.41) is 7.54. The third kappa shape index (κ3) is 2.08. The summed E-state index contributed by atoms with van der Waals surface area (Å²) in [6.45, 7) is 1.94. The lowest BCUT2D eigenvalue weighted by atomic mass is 10.2. The Bertz CT molecular complexity index is 688. The van der Waals surface area contributed by atoms with E-state index < -0.39 is 0 Å². The van der Waals surface area contributed by atoms with Crippen molar-refractivity contribution in [2.45, 2.75) is 6.92 Å². The van der Waals surface area contributed by atoms with Gasteiger partial charge in [-0.2, -0.15) is 0 Å². The Morgan fingerprint density at radius 2 is 2.21 bits per heavy atom. The van der Waals surface area contributed by atoms with Crippen molar-refractivity contribution in [2.75, 3.05) is 7.11 Å². The maximum absolute atomic E-state index is 5.41. The highest BCUT2D eigenvalue weighted by molar-refractivity contribution is 5.61. The minimum atomic E-state index is 0.465. The van der Waals surface area contributed by atoms with Gasteiger partial charge in [-0.1, -0.05) is 0 Å². The van der Waals surface area contributed by atoms with Gasteiger partial charge < -0.3 is 13.7 Å². The second-order valence-corrected chi connectivity index (χ2v) is 4.05. The molecule has 96 valence electrons. The largest absolute Gasteiger partial charge is 0.495 e. The number of aryl methyl sites for hydroxylation is 1. The number of benzene rings is 1. The van der Waals surface area contributed by atoms with Crippen molar-refractivity contribution in [3.63, 3.8) is 0 Å². The average molecular weight is 256 g/mol. The Labute approximate surface area is 109 Å². The van der Waals surface area contributed by atoms with Crippen molar-refractivity contribution >= 4 is 0 Å². The van der Waals surface area contributed by atoms with Gasteiger partial charge in [-0.15, -0.1) is 10.2 Å². The van der Waals surface area contributed by atoms with Gasteiger partial charge in [0.25, 0.3) is 0 Å². The maximum Gasteiger partial charge on any atom is 0.247 e. The molecule has 0 unspecified atom stereocenters. The van der Waals surface area contributed by atoms with E-state index in [-0.39, 0.29) is 0 Å². The summed E-state index contributed by atoms with van der Waals surface area (Å²) >= 11 is 0. The molecule has 1 aromatic carbocycles. The van der Waals surface area contributed by atoms with Crippen molar-refractivity contribution in [3.05, 3.63) is 42.8 Å². The van der Waals surface area contributed by atoms with Crippen molar-refractivity contribution in [1.82, 2.24) is 19.7 Å². The maximum atomic E-state index is 5.41. The number of hydrogen-bond donors (Lipinski definition) is 0. The molecule has 0 aliphatic carbocycles. The molecule has 0 saturated carbocycles. The van der Waals surface area contributed by atoms with Gasteiger partial charge in [0.2, 0.25) is 12.3 Å². The van der Waals surface area contributed by atoms with Crippen LogP contribution in [0.4, 0.5) is 0 Å². The first kappa shape index (κ1) is 11.5. The SMILES string of the molecule is COc1cc(-c2nnco2)ccc1-n1cnc(C)c1. The lowest BCUT2D eigenvalue weighted by Gasteiger charge is -2.09. The molecule has 0 N–H and O–H groups in total. The predicted molar refractivity (Wildman–Crippen MR) is 68.1 cm³/mol. The molecule has 2 heterocycles. The Morgan fingerprint density at radius 3 is 2.84 bits per heavy atom. The fraction of sp³-hybridized carbons (Fsp3) is 0.154. The van der Waals surface area contributed by atoms with E-state index in [1.54, 1.807) is 13.4 Å². The van der Waals surface area contributed by atoms with Crippen LogP contribution in [0.5, 0.6) is 5.75 Å². The summed E-state index contributed by atoms with van der Waals surface area (Å²) < 4.78 is 12.5. The van der Waals surface area contributed by atoms with Gasteiger partial charge in [-0.05, 0) is 25.1 Å². The van der Waals surface area contributed by atoms with Crippen LogP contribution in [-0.4, -0.2) is 26.9 Å². The first-order valence-electron chi connectivity index (χ1n) is 5.73. The van der Waals surface area contributed by atoms with E-state index in [0.717, 1.165) is 16.9 Å². The summed E-state index contributed by atoms with van der Waals surface area (Å²) in [6.07, 6.45) is 4.98. The first-order valence-corrected chi connectivity index (χ1v) is 5.73. The van der Waals surface area contributed by atoms with Crippen LogP contribution in [0.15, 0.2) is 41.5 Å². The van der Waals surface area contributed by atoms with Crippen LogP contribution in [0, 0.1) is 6.92 Å². The van der Waals surface area contributed by atoms with E-state index >= 15 is 0 Å². The summed E-state index contributed by atoms with van der Waals surface area (Å²) in [4.78, 5) is 4.21. The highest BCUT2D eigenvalue weighted by atomic mass is 16.5. The first-order chi connectivity index (χ1) is 9.28. The third-order valence-corrected chi connectivity index (χ3v) is 2.78. The number of nitrogens with zero attached hydrogens (tertiary/aromatic N) is 4. The molecule has 3 rings (SSSR count). The van der Waals surface area contributed by atoms with Crippen LogP contribution in [0.3, 0.4) is 0 Å². The highest BCUT2D eigenvalue weighted by Crippen LogP contribution is 2.28. The quantitative estimate of drug-likeness (QED) is 0.719. The van der Waals surface area contributed by atoms with E-state index in [9.17, 15) is 0 Å². The van der Waals surface area contributed by atoms with E-state index in [0.29, 0.717) is 11.6 Å². The standard InChI is InChI=1S/C13H12N4O2/c1-9-6-17(7-14-9)11-4-3-10(5-12(11)18-2)13-16-15-8-19-13/h3-8H,1-2H3. The normalized spacial score (nSPS) is 10.6. The lowest BCUT2D eigenvalue weighted by molar-refractivity contribution is 0.413. The molecule has 0 spiro atoms. The van der Waals surface area contributed by atoms with Gasteiger partial charge in [-0.3, -0.25) is 0 Å². The van der Waals surface area contributed by atoms with Crippen LogP contribution >= 0.6 is 0 Å². The molecule has 3 aromatic rings. The van der Waals surface area contributed by atoms with Crippen LogP contribution in [0.25, 0.3) is 17.1 Å². The highest BCUT2D eigenvalue weighted by Gasteiger charge is 2.10. The van der Waals surface area contributed by atoms with Crippen LogP contribution < -0.4 is 4.74 Å². The lowest BCUT2D eigenvalue weighted by Crippen LogP contribution is -1.96. The molecule has 6 heteroatoms. The van der Waals surface area contributed by atoms with E-state index in [1.807, 2.05) is 35.9 Å². The summed E-state index contributed by atoms with van der Waals surface area (Å²) in [6, 6.07) is 5.69. The number of ether oxygens (including phenoxy) is 1. The number of hydrogen-bond acceptors (Lipinski definition) is 5. The zero-order chi connectivity index (χ0) is 13.2. The molecule has 6 nitrogen and oxygen atoms in total. The number of rotatable bonds is 3. The zero-order valence-electron chi connectivity index (χ0n) is 10.6. The molecule has 0 aliphatic rings.